The molecule has 7 heteroatoms. The normalized spacial score (nSPS) is 18.9. The molecule has 1 unspecified atom stereocenters. The number of amides is 2. The number of aliphatic hydroxyl groups excluding tert-OH is 1. The van der Waals surface area contributed by atoms with E-state index < -0.39 is 5.60 Å². The molecule has 36 heavy (non-hydrogen) atoms. The third kappa shape index (κ3) is 9.16. The summed E-state index contributed by atoms with van der Waals surface area (Å²) in [4.78, 5) is 26.4. The van der Waals surface area contributed by atoms with Crippen molar-refractivity contribution < 1.29 is 24.2 Å². The number of aliphatic hydroxyl groups is 1. The van der Waals surface area contributed by atoms with Crippen LogP contribution in [0.4, 0.5) is 4.79 Å². The number of nitrogens with zero attached hydrogens (tertiary/aromatic N) is 1. The number of likely N-dealkylation sites (tertiary alicyclic amines) is 1. The fourth-order valence-corrected chi connectivity index (χ4v) is 4.69. The highest BCUT2D eigenvalue weighted by Crippen LogP contribution is 2.31. The lowest BCUT2D eigenvalue weighted by molar-refractivity contribution is -0.125. The highest BCUT2D eigenvalue weighted by molar-refractivity contribution is 5.80. The molecule has 1 aliphatic carbocycles. The molecular weight excluding hydrogens is 456 g/mol. The number of benzene rings is 1. The zero-order chi connectivity index (χ0) is 26.0. The molecule has 1 fully saturated rings. The first-order valence-corrected chi connectivity index (χ1v) is 13.5. The van der Waals surface area contributed by atoms with Crippen LogP contribution in [-0.4, -0.2) is 60.5 Å². The zero-order valence-corrected chi connectivity index (χ0v) is 22.3. The summed E-state index contributed by atoms with van der Waals surface area (Å²) in [6, 6.07) is 8.26. The van der Waals surface area contributed by atoms with Crippen LogP contribution in [0.1, 0.15) is 77.7 Å². The van der Waals surface area contributed by atoms with Gasteiger partial charge in [-0.1, -0.05) is 18.2 Å². The van der Waals surface area contributed by atoms with Crippen molar-refractivity contribution in [2.24, 2.45) is 11.8 Å². The minimum Gasteiger partial charge on any atom is -0.493 e. The first-order valence-electron chi connectivity index (χ1n) is 13.5. The van der Waals surface area contributed by atoms with Crippen LogP contribution in [0.5, 0.6) is 5.75 Å². The van der Waals surface area contributed by atoms with Crippen LogP contribution in [0.3, 0.4) is 0 Å². The molecule has 2 aliphatic rings. The Morgan fingerprint density at radius 1 is 1.06 bits per heavy atom. The molecule has 0 spiro atoms. The third-order valence-corrected chi connectivity index (χ3v) is 6.89. The predicted octanol–water partition coefficient (Wildman–Crippen LogP) is 5.17. The highest BCUT2D eigenvalue weighted by atomic mass is 16.6. The molecule has 3 rings (SSSR count). The van der Waals surface area contributed by atoms with E-state index in [9.17, 15) is 9.59 Å². The molecule has 1 saturated heterocycles. The Morgan fingerprint density at radius 2 is 1.78 bits per heavy atom. The molecule has 2 amide bonds. The Balaban J connectivity index is 1.37. The lowest BCUT2D eigenvalue weighted by Crippen LogP contribution is -2.42. The molecule has 1 aromatic rings. The largest absolute Gasteiger partial charge is 0.493 e. The van der Waals surface area contributed by atoms with Crippen LogP contribution >= 0.6 is 0 Å². The summed E-state index contributed by atoms with van der Waals surface area (Å²) in [6.07, 6.45) is 9.02. The average molecular weight is 501 g/mol. The zero-order valence-electron chi connectivity index (χ0n) is 22.3. The summed E-state index contributed by atoms with van der Waals surface area (Å²) in [6.45, 7) is 8.65. The number of piperidine rings is 1. The van der Waals surface area contributed by atoms with E-state index in [-0.39, 0.29) is 24.5 Å². The summed E-state index contributed by atoms with van der Waals surface area (Å²) >= 11 is 0. The molecule has 2 N–H and O–H groups in total. The topological polar surface area (TPSA) is 88.1 Å². The minimum absolute atomic E-state index is 0.0518. The van der Waals surface area contributed by atoms with Gasteiger partial charge in [0.25, 0.3) is 0 Å². The van der Waals surface area contributed by atoms with Crippen molar-refractivity contribution in [3.8, 4) is 5.75 Å². The van der Waals surface area contributed by atoms with Crippen molar-refractivity contribution in [1.82, 2.24) is 10.2 Å². The highest BCUT2D eigenvalue weighted by Gasteiger charge is 2.27. The van der Waals surface area contributed by atoms with Crippen LogP contribution in [0.15, 0.2) is 30.3 Å². The Hall–Kier alpha value is -2.54. The molecule has 7 nitrogen and oxygen atoms in total. The van der Waals surface area contributed by atoms with Crippen molar-refractivity contribution in [3.63, 3.8) is 0 Å². The lowest BCUT2D eigenvalue weighted by Gasteiger charge is -2.33. The maximum atomic E-state index is 12.4. The second kappa shape index (κ2) is 13.7. The number of rotatable bonds is 10. The maximum Gasteiger partial charge on any atom is 0.410 e. The van der Waals surface area contributed by atoms with Crippen LogP contribution in [0.25, 0.3) is 5.57 Å². The van der Waals surface area contributed by atoms with Gasteiger partial charge in [0.1, 0.15) is 11.4 Å². The Morgan fingerprint density at radius 3 is 2.39 bits per heavy atom. The number of hydrogen-bond acceptors (Lipinski definition) is 5. The van der Waals surface area contributed by atoms with Gasteiger partial charge < -0.3 is 24.8 Å². The van der Waals surface area contributed by atoms with Gasteiger partial charge in [-0.15, -0.1) is 0 Å². The summed E-state index contributed by atoms with van der Waals surface area (Å²) in [5.41, 5.74) is 2.02. The number of allylic oxidation sites excluding steroid dienone is 2. The molecular formula is C29H44N2O5. The van der Waals surface area contributed by atoms with E-state index in [0.29, 0.717) is 32.2 Å². The van der Waals surface area contributed by atoms with E-state index in [1.54, 1.807) is 4.90 Å². The molecule has 0 aromatic heterocycles. The molecule has 1 aromatic carbocycles. The smallest absolute Gasteiger partial charge is 0.410 e. The van der Waals surface area contributed by atoms with E-state index in [1.165, 1.54) is 11.1 Å². The molecule has 0 radical (unpaired) electrons. The summed E-state index contributed by atoms with van der Waals surface area (Å²) < 4.78 is 11.5. The fourth-order valence-electron chi connectivity index (χ4n) is 4.69. The Kier molecular flexibility index (Phi) is 10.7. The maximum absolute atomic E-state index is 12.4. The average Bonchev–Trinajstić information content (AvgIpc) is 2.87. The molecule has 1 atom stereocenters. The first kappa shape index (κ1) is 28.0. The first-order chi connectivity index (χ1) is 17.2. The van der Waals surface area contributed by atoms with E-state index in [1.807, 2.05) is 32.9 Å². The molecule has 0 saturated carbocycles. The monoisotopic (exact) mass is 500 g/mol. The van der Waals surface area contributed by atoms with Crippen molar-refractivity contribution in [2.75, 3.05) is 32.8 Å². The molecule has 1 aliphatic heterocycles. The van der Waals surface area contributed by atoms with Gasteiger partial charge in [0.15, 0.2) is 0 Å². The molecule has 200 valence electrons. The van der Waals surface area contributed by atoms with Gasteiger partial charge in [-0.25, -0.2) is 4.79 Å². The number of nitrogens with one attached hydrogen (secondary N) is 1. The Labute approximate surface area is 216 Å². The van der Waals surface area contributed by atoms with Crippen LogP contribution in [0.2, 0.25) is 0 Å². The third-order valence-electron chi connectivity index (χ3n) is 6.89. The van der Waals surface area contributed by atoms with E-state index in [0.717, 1.165) is 57.1 Å². The Bertz CT molecular complexity index is 867. The van der Waals surface area contributed by atoms with E-state index in [4.69, 9.17) is 14.6 Å². The summed E-state index contributed by atoms with van der Waals surface area (Å²) in [5, 5.41) is 11.9. The number of hydrogen-bond donors (Lipinski definition) is 2. The second-order valence-electron chi connectivity index (χ2n) is 11.0. The number of carbonyl (C=O) groups excluding carboxylic acids is 2. The number of unbranched alkanes of at least 4 members (excludes halogenated alkanes) is 2. The van der Waals surface area contributed by atoms with Crippen molar-refractivity contribution in [3.05, 3.63) is 35.9 Å². The van der Waals surface area contributed by atoms with Gasteiger partial charge in [-0.05, 0) is 101 Å². The van der Waals surface area contributed by atoms with Gasteiger partial charge in [-0.3, -0.25) is 4.79 Å². The fraction of sp³-hybridized carbons (Fsp3) is 0.655. The van der Waals surface area contributed by atoms with Gasteiger partial charge in [0.2, 0.25) is 5.91 Å². The molecule has 1 heterocycles. The molecule has 0 bridgehead atoms. The van der Waals surface area contributed by atoms with Crippen molar-refractivity contribution >= 4 is 17.6 Å². The number of carbonyl (C=O) groups is 2. The van der Waals surface area contributed by atoms with Crippen molar-refractivity contribution in [2.45, 2.75) is 77.7 Å². The van der Waals surface area contributed by atoms with Gasteiger partial charge in [0.05, 0.1) is 6.61 Å². The second-order valence-corrected chi connectivity index (χ2v) is 11.0. The van der Waals surface area contributed by atoms with Gasteiger partial charge in [0, 0.05) is 32.2 Å². The van der Waals surface area contributed by atoms with Crippen LogP contribution < -0.4 is 10.1 Å². The minimum atomic E-state index is -0.464. The van der Waals surface area contributed by atoms with Crippen molar-refractivity contribution in [1.29, 1.82) is 0 Å². The van der Waals surface area contributed by atoms with Gasteiger partial charge >= 0.3 is 6.09 Å². The van der Waals surface area contributed by atoms with Gasteiger partial charge in [-0.2, -0.15) is 0 Å². The summed E-state index contributed by atoms with van der Waals surface area (Å²) in [7, 11) is 0. The SMILES string of the molecule is CC(C)(C)OC(=O)N1CCC(COc2ccc(C3=CCC(C(=O)NCCCCCO)CC3)cc2)CC1. The number of ether oxygens (including phenoxy) is 2. The predicted molar refractivity (Wildman–Crippen MR) is 142 cm³/mol. The van der Waals surface area contributed by atoms with Crippen LogP contribution in [0, 0.1) is 11.8 Å². The van der Waals surface area contributed by atoms with E-state index >= 15 is 0 Å². The van der Waals surface area contributed by atoms with Crippen LogP contribution in [-0.2, 0) is 9.53 Å². The van der Waals surface area contributed by atoms with E-state index in [2.05, 4.69) is 23.5 Å². The summed E-state index contributed by atoms with van der Waals surface area (Å²) in [5.74, 6) is 1.50. The standard InChI is InChI=1S/C29H44N2O5/c1-29(2,3)36-28(34)31-18-15-22(16-19-31)21-35-26-13-11-24(12-14-26)23-7-9-25(10-8-23)27(33)30-17-5-4-6-20-32/h7,11-14,22,25,32H,4-6,8-10,15-21H2,1-3H3,(H,30,33). The lowest BCUT2D eigenvalue weighted by atomic mass is 9.86. The quantitative estimate of drug-likeness (QED) is 0.433.